The number of hydrogen-bond acceptors (Lipinski definition) is 5. The van der Waals surface area contributed by atoms with Crippen molar-refractivity contribution in [3.8, 4) is 11.1 Å². The van der Waals surface area contributed by atoms with Gasteiger partial charge >= 0.3 is 0 Å². The lowest BCUT2D eigenvalue weighted by molar-refractivity contribution is 0.348. The van der Waals surface area contributed by atoms with E-state index < -0.39 is 0 Å². The van der Waals surface area contributed by atoms with Crippen LogP contribution in [0.15, 0.2) is 152 Å². The van der Waals surface area contributed by atoms with Crippen LogP contribution in [0, 0.1) is 6.92 Å². The zero-order chi connectivity index (χ0) is 32.0. The summed E-state index contributed by atoms with van der Waals surface area (Å²) in [6, 6.07) is 54.5. The maximum absolute atomic E-state index is 3.72. The van der Waals surface area contributed by atoms with Crippen LogP contribution >= 0.6 is 0 Å². The molecular weight excluding hydrogens is 574 g/mol. The molecule has 0 spiro atoms. The number of nitrogens with zero attached hydrogens (tertiary/aromatic N) is 3. The van der Waals surface area contributed by atoms with Crippen LogP contribution in [0.4, 0.5) is 28.4 Å². The Morgan fingerprint density at radius 3 is 1.68 bits per heavy atom. The van der Waals surface area contributed by atoms with Gasteiger partial charge in [-0.05, 0) is 95.4 Å². The monoisotopic (exact) mass is 613 g/mol. The van der Waals surface area contributed by atoms with Crippen molar-refractivity contribution >= 4 is 28.4 Å². The summed E-state index contributed by atoms with van der Waals surface area (Å²) in [7, 11) is 0. The van der Waals surface area contributed by atoms with E-state index in [9.17, 15) is 0 Å². The number of hydrogen-bond donors (Lipinski definition) is 2. The summed E-state index contributed by atoms with van der Waals surface area (Å²) < 4.78 is 0. The van der Waals surface area contributed by atoms with Gasteiger partial charge in [-0.1, -0.05) is 110 Å². The molecule has 232 valence electrons. The molecule has 1 aliphatic heterocycles. The van der Waals surface area contributed by atoms with E-state index in [0.717, 1.165) is 34.0 Å². The van der Waals surface area contributed by atoms with Gasteiger partial charge in [-0.25, -0.2) is 10.9 Å². The number of anilines is 5. The van der Waals surface area contributed by atoms with Crippen molar-refractivity contribution in [2.45, 2.75) is 32.4 Å². The van der Waals surface area contributed by atoms with Crippen LogP contribution in [0.1, 0.15) is 42.3 Å². The quantitative estimate of drug-likeness (QED) is 0.195. The van der Waals surface area contributed by atoms with Gasteiger partial charge in [0, 0.05) is 22.5 Å². The van der Waals surface area contributed by atoms with Crippen molar-refractivity contribution in [1.29, 1.82) is 0 Å². The Hall–Kier alpha value is -5.36. The average molecular weight is 614 g/mol. The van der Waals surface area contributed by atoms with E-state index in [1.165, 1.54) is 27.8 Å². The normalized spacial score (nSPS) is 15.3. The summed E-state index contributed by atoms with van der Waals surface area (Å²) >= 11 is 0. The Morgan fingerprint density at radius 2 is 1.06 bits per heavy atom. The maximum atomic E-state index is 3.72. The standard InChI is InChI=1S/C42H39N5/c1-30-18-22-34(23-19-30)47(36-26-27-38-37-16-10-11-17-39(37)42(2,3)40(38)28-36)35-24-20-31(21-25-35)41-43-45(32-12-6-4-7-13-32)29-46(44-41)33-14-8-5-9-15-33/h4-28,41,43-44H,29H2,1-3H3. The van der Waals surface area contributed by atoms with E-state index in [4.69, 9.17) is 0 Å². The third kappa shape index (κ3) is 5.34. The second-order valence-electron chi connectivity index (χ2n) is 13.0. The molecule has 0 aromatic heterocycles. The Kier molecular flexibility index (Phi) is 7.28. The van der Waals surface area contributed by atoms with Crippen molar-refractivity contribution in [2.24, 2.45) is 0 Å². The van der Waals surface area contributed by atoms with E-state index >= 15 is 0 Å². The first-order chi connectivity index (χ1) is 23.0. The van der Waals surface area contributed by atoms with E-state index in [1.807, 2.05) is 0 Å². The van der Waals surface area contributed by atoms with Crippen molar-refractivity contribution in [3.05, 3.63) is 174 Å². The molecule has 8 rings (SSSR count). The molecule has 0 atom stereocenters. The summed E-state index contributed by atoms with van der Waals surface area (Å²) in [4.78, 5) is 2.37. The molecule has 6 aromatic rings. The molecule has 0 saturated carbocycles. The largest absolute Gasteiger partial charge is 0.310 e. The molecule has 6 aromatic carbocycles. The topological polar surface area (TPSA) is 33.8 Å². The van der Waals surface area contributed by atoms with Crippen LogP contribution in [-0.2, 0) is 5.41 Å². The number of fused-ring (bicyclic) bond motifs is 3. The predicted octanol–water partition coefficient (Wildman–Crippen LogP) is 9.76. The van der Waals surface area contributed by atoms with E-state index in [0.29, 0.717) is 6.67 Å². The summed E-state index contributed by atoms with van der Waals surface area (Å²) in [6.45, 7) is 7.48. The number of aryl methyl sites for hydroxylation is 1. The lowest BCUT2D eigenvalue weighted by atomic mass is 9.82. The van der Waals surface area contributed by atoms with Gasteiger partial charge in [0.25, 0.3) is 0 Å². The smallest absolute Gasteiger partial charge is 0.120 e. The van der Waals surface area contributed by atoms with Gasteiger partial charge in [-0.15, -0.1) is 0 Å². The molecule has 1 fully saturated rings. The molecule has 0 amide bonds. The lowest BCUT2D eigenvalue weighted by Gasteiger charge is -2.43. The number of hydrazine groups is 2. The molecule has 1 saturated heterocycles. The molecule has 47 heavy (non-hydrogen) atoms. The molecular formula is C42H39N5. The minimum absolute atomic E-state index is 0.0711. The highest BCUT2D eigenvalue weighted by Gasteiger charge is 2.35. The Labute approximate surface area is 277 Å². The fraction of sp³-hybridized carbons (Fsp3) is 0.143. The second-order valence-corrected chi connectivity index (χ2v) is 13.0. The average Bonchev–Trinajstić information content (AvgIpc) is 3.36. The van der Waals surface area contributed by atoms with Crippen LogP contribution < -0.4 is 25.8 Å². The fourth-order valence-electron chi connectivity index (χ4n) is 7.03. The molecule has 0 unspecified atom stereocenters. The Morgan fingerprint density at radius 1 is 0.553 bits per heavy atom. The van der Waals surface area contributed by atoms with Gasteiger partial charge in [0.1, 0.15) is 12.8 Å². The number of para-hydroxylation sites is 2. The summed E-state index contributed by atoms with van der Waals surface area (Å²) in [6.07, 6.45) is -0.134. The molecule has 5 heteroatoms. The van der Waals surface area contributed by atoms with E-state index in [2.05, 4.69) is 198 Å². The molecule has 0 radical (unpaired) electrons. The molecule has 1 aliphatic carbocycles. The van der Waals surface area contributed by atoms with E-state index in [-0.39, 0.29) is 11.6 Å². The first-order valence-corrected chi connectivity index (χ1v) is 16.3. The number of nitrogens with one attached hydrogen (secondary N) is 2. The van der Waals surface area contributed by atoms with Crippen LogP contribution in [0.25, 0.3) is 11.1 Å². The highest BCUT2D eigenvalue weighted by molar-refractivity contribution is 5.85. The zero-order valence-corrected chi connectivity index (χ0v) is 27.1. The van der Waals surface area contributed by atoms with Crippen molar-refractivity contribution in [1.82, 2.24) is 10.9 Å². The summed E-state index contributed by atoms with van der Waals surface area (Å²) in [5.41, 5.74) is 20.8. The summed E-state index contributed by atoms with van der Waals surface area (Å²) in [5.74, 6) is 0. The highest BCUT2D eigenvalue weighted by Crippen LogP contribution is 2.50. The number of benzene rings is 6. The minimum Gasteiger partial charge on any atom is -0.310 e. The van der Waals surface area contributed by atoms with Crippen LogP contribution in [0.5, 0.6) is 0 Å². The maximum Gasteiger partial charge on any atom is 0.120 e. The van der Waals surface area contributed by atoms with Gasteiger partial charge in [0.15, 0.2) is 0 Å². The van der Waals surface area contributed by atoms with E-state index in [1.54, 1.807) is 0 Å². The van der Waals surface area contributed by atoms with Gasteiger partial charge in [0.05, 0.1) is 11.4 Å². The SMILES string of the molecule is Cc1ccc(N(c2ccc(C3NN(c4ccccc4)CN(c4ccccc4)N3)cc2)c2ccc3c(c2)C(C)(C)c2ccccc2-3)cc1. The molecule has 2 N–H and O–H groups in total. The van der Waals surface area contributed by atoms with Gasteiger partial charge < -0.3 is 4.90 Å². The Bertz CT molecular complexity index is 1960. The third-order valence-corrected chi connectivity index (χ3v) is 9.59. The Balaban J connectivity index is 1.15. The molecule has 0 bridgehead atoms. The van der Waals surface area contributed by atoms with Crippen molar-refractivity contribution in [2.75, 3.05) is 21.6 Å². The fourth-order valence-corrected chi connectivity index (χ4v) is 7.03. The van der Waals surface area contributed by atoms with Gasteiger partial charge in [-0.2, -0.15) is 0 Å². The first kappa shape index (κ1) is 29.1. The van der Waals surface area contributed by atoms with Gasteiger partial charge in [0.2, 0.25) is 0 Å². The highest BCUT2D eigenvalue weighted by atomic mass is 15.7. The third-order valence-electron chi connectivity index (χ3n) is 9.59. The molecule has 5 nitrogen and oxygen atoms in total. The van der Waals surface area contributed by atoms with Crippen LogP contribution in [0.2, 0.25) is 0 Å². The first-order valence-electron chi connectivity index (χ1n) is 16.3. The number of rotatable bonds is 6. The zero-order valence-electron chi connectivity index (χ0n) is 27.1. The van der Waals surface area contributed by atoms with Crippen LogP contribution in [0.3, 0.4) is 0 Å². The van der Waals surface area contributed by atoms with Crippen molar-refractivity contribution < 1.29 is 0 Å². The van der Waals surface area contributed by atoms with Crippen molar-refractivity contribution in [3.63, 3.8) is 0 Å². The summed E-state index contributed by atoms with van der Waals surface area (Å²) in [5, 5.41) is 4.40. The predicted molar refractivity (Wildman–Crippen MR) is 195 cm³/mol. The lowest BCUT2D eigenvalue weighted by Crippen LogP contribution is -2.62. The molecule has 1 heterocycles. The van der Waals surface area contributed by atoms with Crippen LogP contribution in [-0.4, -0.2) is 6.67 Å². The molecule has 2 aliphatic rings. The van der Waals surface area contributed by atoms with Gasteiger partial charge in [-0.3, -0.25) is 10.0 Å². The second kappa shape index (κ2) is 11.8. The minimum atomic E-state index is -0.134.